The first kappa shape index (κ1) is 16.5. The molecular weight excluding hydrogens is 330 g/mol. The Labute approximate surface area is 152 Å². The van der Waals surface area contributed by atoms with Gasteiger partial charge in [-0.05, 0) is 31.0 Å². The van der Waals surface area contributed by atoms with Crippen LogP contribution < -0.4 is 9.80 Å². The summed E-state index contributed by atoms with van der Waals surface area (Å²) in [5.74, 6) is -0.206. The number of hydrogen-bond acceptors (Lipinski definition) is 5. The topological polar surface area (TPSA) is 69.6 Å². The lowest BCUT2D eigenvalue weighted by Crippen LogP contribution is -2.54. The molecule has 1 atom stereocenters. The van der Waals surface area contributed by atoms with Gasteiger partial charge in [0.2, 0.25) is 5.95 Å². The van der Waals surface area contributed by atoms with E-state index in [-0.39, 0.29) is 6.04 Å². The van der Waals surface area contributed by atoms with Crippen molar-refractivity contribution < 1.29 is 9.59 Å². The summed E-state index contributed by atoms with van der Waals surface area (Å²) in [6.45, 7) is 4.21. The van der Waals surface area contributed by atoms with Crippen LogP contribution in [-0.2, 0) is 16.0 Å². The smallest absolute Gasteiger partial charge is 0.316 e. The van der Waals surface area contributed by atoms with Gasteiger partial charge in [0.1, 0.15) is 0 Å². The predicted molar refractivity (Wildman–Crippen MR) is 97.9 cm³/mol. The number of para-hydroxylation sites is 1. The summed E-state index contributed by atoms with van der Waals surface area (Å²) in [5, 5.41) is 0. The minimum Gasteiger partial charge on any atom is -0.337 e. The number of fused-ring (bicyclic) bond motifs is 1. The molecule has 1 saturated heterocycles. The first-order valence-corrected chi connectivity index (χ1v) is 8.87. The molecule has 1 fully saturated rings. The SMILES string of the molecule is CC1Cc2ccccc2N1C(=O)C(=O)N1CCN(c2ncccn2)CC1. The Morgan fingerprint density at radius 1 is 0.962 bits per heavy atom. The lowest BCUT2D eigenvalue weighted by Gasteiger charge is -2.35. The highest BCUT2D eigenvalue weighted by Gasteiger charge is 2.37. The fraction of sp³-hybridized carbons (Fsp3) is 0.368. The van der Waals surface area contributed by atoms with E-state index in [4.69, 9.17) is 0 Å². The summed E-state index contributed by atoms with van der Waals surface area (Å²) >= 11 is 0. The average Bonchev–Trinajstić information content (AvgIpc) is 3.03. The zero-order valence-corrected chi connectivity index (χ0v) is 14.7. The third-order valence-electron chi connectivity index (χ3n) is 5.01. The zero-order valence-electron chi connectivity index (χ0n) is 14.7. The van der Waals surface area contributed by atoms with Crippen LogP contribution in [0.5, 0.6) is 0 Å². The number of anilines is 2. The standard InChI is InChI=1S/C19H21N5O2/c1-14-13-15-5-2-3-6-16(15)24(14)18(26)17(25)22-9-11-23(12-10-22)19-20-7-4-8-21-19/h2-8,14H,9-13H2,1H3. The minimum absolute atomic E-state index is 0.00265. The molecule has 0 N–H and O–H groups in total. The molecule has 26 heavy (non-hydrogen) atoms. The van der Waals surface area contributed by atoms with Crippen LogP contribution in [0.2, 0.25) is 0 Å². The first-order valence-electron chi connectivity index (χ1n) is 8.87. The lowest BCUT2D eigenvalue weighted by atomic mass is 10.1. The van der Waals surface area contributed by atoms with E-state index in [0.29, 0.717) is 32.1 Å². The number of rotatable bonds is 1. The molecule has 1 aromatic carbocycles. The minimum atomic E-state index is -0.438. The highest BCUT2D eigenvalue weighted by Crippen LogP contribution is 2.32. The van der Waals surface area contributed by atoms with Crippen molar-refractivity contribution in [1.82, 2.24) is 14.9 Å². The van der Waals surface area contributed by atoms with E-state index in [1.807, 2.05) is 36.1 Å². The van der Waals surface area contributed by atoms with E-state index in [1.54, 1.807) is 28.3 Å². The van der Waals surface area contributed by atoms with Gasteiger partial charge in [-0.2, -0.15) is 0 Å². The molecule has 0 bridgehead atoms. The maximum Gasteiger partial charge on any atom is 0.316 e. The number of benzene rings is 1. The molecule has 7 heteroatoms. The summed E-state index contributed by atoms with van der Waals surface area (Å²) in [6, 6.07) is 9.57. The van der Waals surface area contributed by atoms with Crippen LogP contribution >= 0.6 is 0 Å². The first-order chi connectivity index (χ1) is 12.6. The second kappa shape index (κ2) is 6.74. The third-order valence-corrected chi connectivity index (χ3v) is 5.01. The van der Waals surface area contributed by atoms with E-state index in [9.17, 15) is 9.59 Å². The van der Waals surface area contributed by atoms with Crippen LogP contribution in [0.25, 0.3) is 0 Å². The number of piperazine rings is 1. The summed E-state index contributed by atoms with van der Waals surface area (Å²) in [6.07, 6.45) is 4.19. The summed E-state index contributed by atoms with van der Waals surface area (Å²) in [4.78, 5) is 39.4. The largest absolute Gasteiger partial charge is 0.337 e. The van der Waals surface area contributed by atoms with Crippen molar-refractivity contribution in [3.05, 3.63) is 48.3 Å². The van der Waals surface area contributed by atoms with Crippen molar-refractivity contribution in [3.8, 4) is 0 Å². The fourth-order valence-corrected chi connectivity index (χ4v) is 3.68. The van der Waals surface area contributed by atoms with Gasteiger partial charge in [-0.1, -0.05) is 18.2 Å². The second-order valence-corrected chi connectivity index (χ2v) is 6.69. The van der Waals surface area contributed by atoms with E-state index in [2.05, 4.69) is 9.97 Å². The molecule has 0 aliphatic carbocycles. The molecule has 0 radical (unpaired) electrons. The Hall–Kier alpha value is -2.96. The molecule has 2 aliphatic rings. The van der Waals surface area contributed by atoms with Gasteiger partial charge in [0.05, 0.1) is 0 Å². The van der Waals surface area contributed by atoms with Crippen LogP contribution in [-0.4, -0.2) is 58.9 Å². The van der Waals surface area contributed by atoms with E-state index in [0.717, 1.165) is 17.7 Å². The maximum atomic E-state index is 12.9. The van der Waals surface area contributed by atoms with Crippen LogP contribution in [0, 0.1) is 0 Å². The van der Waals surface area contributed by atoms with Gasteiger partial charge in [0, 0.05) is 50.3 Å². The molecule has 0 saturated carbocycles. The number of hydrogen-bond donors (Lipinski definition) is 0. The van der Waals surface area contributed by atoms with Gasteiger partial charge in [0.15, 0.2) is 0 Å². The van der Waals surface area contributed by atoms with Crippen molar-refractivity contribution in [2.75, 3.05) is 36.0 Å². The Morgan fingerprint density at radius 2 is 1.65 bits per heavy atom. The number of aromatic nitrogens is 2. The average molecular weight is 351 g/mol. The molecule has 0 spiro atoms. The van der Waals surface area contributed by atoms with Crippen LogP contribution in [0.3, 0.4) is 0 Å². The number of carbonyl (C=O) groups is 2. The quantitative estimate of drug-likeness (QED) is 0.720. The van der Waals surface area contributed by atoms with Gasteiger partial charge in [-0.15, -0.1) is 0 Å². The molecule has 3 heterocycles. The Kier molecular flexibility index (Phi) is 4.28. The van der Waals surface area contributed by atoms with Crippen molar-refractivity contribution in [3.63, 3.8) is 0 Å². The molecule has 2 aliphatic heterocycles. The molecule has 134 valence electrons. The van der Waals surface area contributed by atoms with E-state index < -0.39 is 11.8 Å². The molecule has 2 amide bonds. The van der Waals surface area contributed by atoms with Crippen molar-refractivity contribution in [2.45, 2.75) is 19.4 Å². The fourth-order valence-electron chi connectivity index (χ4n) is 3.68. The van der Waals surface area contributed by atoms with E-state index >= 15 is 0 Å². The Morgan fingerprint density at radius 3 is 2.38 bits per heavy atom. The Bertz CT molecular complexity index is 818. The third kappa shape index (κ3) is 2.89. The molecular formula is C19H21N5O2. The van der Waals surface area contributed by atoms with Gasteiger partial charge in [0.25, 0.3) is 0 Å². The van der Waals surface area contributed by atoms with Crippen molar-refractivity contribution >= 4 is 23.5 Å². The number of carbonyl (C=O) groups excluding carboxylic acids is 2. The molecule has 4 rings (SSSR count). The monoisotopic (exact) mass is 351 g/mol. The summed E-state index contributed by atoms with van der Waals surface area (Å²) < 4.78 is 0. The normalized spacial score (nSPS) is 19.4. The number of nitrogens with zero attached hydrogens (tertiary/aromatic N) is 5. The van der Waals surface area contributed by atoms with Crippen molar-refractivity contribution in [2.24, 2.45) is 0 Å². The summed E-state index contributed by atoms with van der Waals surface area (Å²) in [7, 11) is 0. The highest BCUT2D eigenvalue weighted by molar-refractivity contribution is 6.40. The highest BCUT2D eigenvalue weighted by atomic mass is 16.2. The van der Waals surface area contributed by atoms with Crippen LogP contribution in [0.1, 0.15) is 12.5 Å². The van der Waals surface area contributed by atoms with Gasteiger partial charge in [-0.25, -0.2) is 9.97 Å². The molecule has 2 aromatic rings. The molecule has 1 aromatic heterocycles. The van der Waals surface area contributed by atoms with Crippen molar-refractivity contribution in [1.29, 1.82) is 0 Å². The van der Waals surface area contributed by atoms with Gasteiger partial charge >= 0.3 is 11.8 Å². The lowest BCUT2D eigenvalue weighted by molar-refractivity contribution is -0.144. The molecule has 7 nitrogen and oxygen atoms in total. The van der Waals surface area contributed by atoms with Gasteiger partial charge < -0.3 is 14.7 Å². The maximum absolute atomic E-state index is 12.9. The second-order valence-electron chi connectivity index (χ2n) is 6.69. The zero-order chi connectivity index (χ0) is 18.1. The summed E-state index contributed by atoms with van der Waals surface area (Å²) in [5.41, 5.74) is 1.97. The number of amides is 2. The van der Waals surface area contributed by atoms with Gasteiger partial charge in [-0.3, -0.25) is 9.59 Å². The van der Waals surface area contributed by atoms with E-state index in [1.165, 1.54) is 0 Å². The molecule has 1 unspecified atom stereocenters. The van der Waals surface area contributed by atoms with Crippen LogP contribution in [0.4, 0.5) is 11.6 Å². The predicted octanol–water partition coefficient (Wildman–Crippen LogP) is 1.10. The van der Waals surface area contributed by atoms with Crippen LogP contribution in [0.15, 0.2) is 42.7 Å². The Balaban J connectivity index is 1.43.